The number of nitrogens with zero attached hydrogens (tertiary/aromatic N) is 3. The molecule has 0 amide bonds. The van der Waals surface area contributed by atoms with Crippen LogP contribution in [0.1, 0.15) is 73.3 Å². The Morgan fingerprint density at radius 3 is 2.35 bits per heavy atom. The SMILES string of the molecule is CCOC(=O)C1=C(C)N=c2sc(=Cc3cc(C)n(-c4ccc(C)cc4)c3C)c(=O)n2[C@@H]1c1ccc(C(C)C)cc1. The first-order valence-electron chi connectivity index (χ1n) is 13.7. The summed E-state index contributed by atoms with van der Waals surface area (Å²) in [5.74, 6) is -0.0747. The summed E-state index contributed by atoms with van der Waals surface area (Å²) >= 11 is 1.35. The standard InChI is InChI=1S/C33H35N3O3S/c1-8-39-32(38)29-22(6)34-33-36(30(29)25-13-11-24(12-14-25)19(2)3)31(37)28(40-33)18-26-17-21(5)35(23(26)7)27-15-9-20(4)10-16-27/h9-19,30H,8H2,1-7H3/t30-/m1/s1. The zero-order valence-corrected chi connectivity index (χ0v) is 24.9. The summed E-state index contributed by atoms with van der Waals surface area (Å²) in [5, 5.41) is 0. The molecule has 1 atom stereocenters. The highest BCUT2D eigenvalue weighted by Gasteiger charge is 2.33. The van der Waals surface area contributed by atoms with Gasteiger partial charge in [0.2, 0.25) is 0 Å². The van der Waals surface area contributed by atoms with Gasteiger partial charge in [-0.25, -0.2) is 9.79 Å². The summed E-state index contributed by atoms with van der Waals surface area (Å²) < 4.78 is 9.85. The molecule has 40 heavy (non-hydrogen) atoms. The zero-order chi connectivity index (χ0) is 28.7. The molecule has 2 aromatic carbocycles. The van der Waals surface area contributed by atoms with Crippen LogP contribution in [0.2, 0.25) is 0 Å². The van der Waals surface area contributed by atoms with Crippen molar-refractivity contribution in [3.63, 3.8) is 0 Å². The molecule has 0 saturated carbocycles. The zero-order valence-electron chi connectivity index (χ0n) is 24.1. The minimum atomic E-state index is -0.612. The molecule has 1 aliphatic heterocycles. The van der Waals surface area contributed by atoms with Crippen molar-refractivity contribution in [2.24, 2.45) is 4.99 Å². The second-order valence-corrected chi connectivity index (χ2v) is 11.6. The summed E-state index contributed by atoms with van der Waals surface area (Å²) in [6.45, 7) is 14.3. The Morgan fingerprint density at radius 2 is 1.73 bits per heavy atom. The van der Waals surface area contributed by atoms with Crippen LogP contribution in [0.5, 0.6) is 0 Å². The molecule has 0 fully saturated rings. The number of fused-ring (bicyclic) bond motifs is 1. The molecule has 2 aromatic heterocycles. The van der Waals surface area contributed by atoms with Gasteiger partial charge in [-0.1, -0.05) is 67.1 Å². The third-order valence-electron chi connectivity index (χ3n) is 7.48. The number of benzene rings is 2. The molecule has 1 aliphatic rings. The van der Waals surface area contributed by atoms with Gasteiger partial charge in [0, 0.05) is 17.1 Å². The lowest BCUT2D eigenvalue weighted by molar-refractivity contribution is -0.139. The molecule has 7 heteroatoms. The predicted octanol–water partition coefficient (Wildman–Crippen LogP) is 5.64. The average molecular weight is 554 g/mol. The van der Waals surface area contributed by atoms with Crippen LogP contribution in [0.25, 0.3) is 11.8 Å². The minimum Gasteiger partial charge on any atom is -0.463 e. The van der Waals surface area contributed by atoms with Crippen molar-refractivity contribution >= 4 is 23.4 Å². The predicted molar refractivity (Wildman–Crippen MR) is 161 cm³/mol. The van der Waals surface area contributed by atoms with E-state index in [0.29, 0.717) is 26.5 Å². The molecule has 0 radical (unpaired) electrons. The van der Waals surface area contributed by atoms with E-state index < -0.39 is 12.0 Å². The number of aromatic nitrogens is 2. The normalized spacial score (nSPS) is 15.4. The van der Waals surface area contributed by atoms with Crippen molar-refractivity contribution in [1.82, 2.24) is 9.13 Å². The fourth-order valence-corrected chi connectivity index (χ4v) is 6.37. The van der Waals surface area contributed by atoms with Crippen molar-refractivity contribution < 1.29 is 9.53 Å². The first-order valence-corrected chi connectivity index (χ1v) is 14.5. The highest BCUT2D eigenvalue weighted by molar-refractivity contribution is 7.07. The van der Waals surface area contributed by atoms with E-state index in [-0.39, 0.29) is 12.2 Å². The van der Waals surface area contributed by atoms with Crippen LogP contribution in [0.3, 0.4) is 0 Å². The Kier molecular flexibility index (Phi) is 7.51. The largest absolute Gasteiger partial charge is 0.463 e. The van der Waals surface area contributed by atoms with Gasteiger partial charge in [0.15, 0.2) is 4.80 Å². The lowest BCUT2D eigenvalue weighted by atomic mass is 9.93. The fourth-order valence-electron chi connectivity index (χ4n) is 5.34. The molecule has 4 aromatic rings. The average Bonchev–Trinajstić information content (AvgIpc) is 3.38. The Labute approximate surface area is 238 Å². The number of rotatable bonds is 6. The van der Waals surface area contributed by atoms with Crippen molar-refractivity contribution in [3.8, 4) is 5.69 Å². The fraction of sp³-hybridized carbons (Fsp3) is 0.303. The lowest BCUT2D eigenvalue weighted by Gasteiger charge is -2.25. The smallest absolute Gasteiger partial charge is 0.338 e. The molecule has 0 N–H and O–H groups in total. The number of ether oxygens (including phenoxy) is 1. The molecular weight excluding hydrogens is 518 g/mol. The molecule has 0 unspecified atom stereocenters. The molecule has 0 aliphatic carbocycles. The molecule has 3 heterocycles. The summed E-state index contributed by atoms with van der Waals surface area (Å²) in [6, 6.07) is 18.0. The highest BCUT2D eigenvalue weighted by Crippen LogP contribution is 2.31. The molecule has 206 valence electrons. The van der Waals surface area contributed by atoms with Crippen molar-refractivity contribution in [2.45, 2.75) is 60.4 Å². The number of hydrogen-bond donors (Lipinski definition) is 0. The van der Waals surface area contributed by atoms with Gasteiger partial charge < -0.3 is 9.30 Å². The maximum Gasteiger partial charge on any atom is 0.338 e. The number of hydrogen-bond acceptors (Lipinski definition) is 5. The number of carbonyl (C=O) groups is 1. The number of carbonyl (C=O) groups excluding carboxylic acids is 1. The van der Waals surface area contributed by atoms with E-state index in [4.69, 9.17) is 9.73 Å². The van der Waals surface area contributed by atoms with Gasteiger partial charge in [-0.05, 0) is 81.5 Å². The van der Waals surface area contributed by atoms with Crippen LogP contribution >= 0.6 is 11.3 Å². The van der Waals surface area contributed by atoms with E-state index in [2.05, 4.69) is 81.7 Å². The summed E-state index contributed by atoms with van der Waals surface area (Å²) in [6.07, 6.45) is 1.94. The van der Waals surface area contributed by atoms with Crippen LogP contribution in [0.4, 0.5) is 0 Å². The Balaban J connectivity index is 1.67. The van der Waals surface area contributed by atoms with Crippen LogP contribution in [0, 0.1) is 20.8 Å². The maximum atomic E-state index is 14.0. The van der Waals surface area contributed by atoms with Crippen molar-refractivity contribution in [3.05, 3.63) is 119 Å². The van der Waals surface area contributed by atoms with E-state index >= 15 is 0 Å². The first kappa shape index (κ1) is 27.6. The van der Waals surface area contributed by atoms with E-state index in [1.54, 1.807) is 11.5 Å². The van der Waals surface area contributed by atoms with Gasteiger partial charge in [0.25, 0.3) is 5.56 Å². The number of allylic oxidation sites excluding steroid dienone is 1. The number of aryl methyl sites for hydroxylation is 2. The summed E-state index contributed by atoms with van der Waals surface area (Å²) in [7, 11) is 0. The molecule has 5 rings (SSSR count). The van der Waals surface area contributed by atoms with Crippen LogP contribution in [-0.4, -0.2) is 21.7 Å². The third-order valence-corrected chi connectivity index (χ3v) is 8.47. The minimum absolute atomic E-state index is 0.170. The summed E-state index contributed by atoms with van der Waals surface area (Å²) in [4.78, 5) is 32.5. The van der Waals surface area contributed by atoms with Crippen LogP contribution in [-0.2, 0) is 9.53 Å². The molecule has 0 bridgehead atoms. The second kappa shape index (κ2) is 10.9. The maximum absolute atomic E-state index is 14.0. The van der Waals surface area contributed by atoms with Gasteiger partial charge in [-0.15, -0.1) is 0 Å². The van der Waals surface area contributed by atoms with Gasteiger partial charge in [-0.2, -0.15) is 0 Å². The quantitative estimate of drug-likeness (QED) is 0.291. The monoisotopic (exact) mass is 553 g/mol. The second-order valence-electron chi connectivity index (χ2n) is 10.6. The van der Waals surface area contributed by atoms with Crippen LogP contribution in [0.15, 0.2) is 75.7 Å². The van der Waals surface area contributed by atoms with Gasteiger partial charge in [0.1, 0.15) is 0 Å². The Bertz CT molecular complexity index is 1800. The summed E-state index contributed by atoms with van der Waals surface area (Å²) in [5.41, 5.74) is 8.25. The molecule has 0 spiro atoms. The topological polar surface area (TPSA) is 65.6 Å². The van der Waals surface area contributed by atoms with Crippen molar-refractivity contribution in [1.29, 1.82) is 0 Å². The third kappa shape index (κ3) is 4.90. The van der Waals surface area contributed by atoms with Crippen molar-refractivity contribution in [2.75, 3.05) is 6.61 Å². The highest BCUT2D eigenvalue weighted by atomic mass is 32.1. The first-order chi connectivity index (χ1) is 19.1. The number of esters is 1. The van der Waals surface area contributed by atoms with E-state index in [9.17, 15) is 9.59 Å². The molecule has 6 nitrogen and oxygen atoms in total. The van der Waals surface area contributed by atoms with Crippen LogP contribution < -0.4 is 14.9 Å². The van der Waals surface area contributed by atoms with E-state index in [0.717, 1.165) is 28.2 Å². The lowest BCUT2D eigenvalue weighted by Crippen LogP contribution is -2.39. The van der Waals surface area contributed by atoms with Gasteiger partial charge >= 0.3 is 5.97 Å². The Morgan fingerprint density at radius 1 is 1.05 bits per heavy atom. The van der Waals surface area contributed by atoms with Gasteiger partial charge in [0.05, 0.1) is 28.5 Å². The Hall–Kier alpha value is -3.97. The van der Waals surface area contributed by atoms with E-state index in [1.807, 2.05) is 25.1 Å². The number of thiazole rings is 1. The van der Waals surface area contributed by atoms with E-state index in [1.165, 1.54) is 22.5 Å². The molecule has 0 saturated heterocycles. The molecular formula is C33H35N3O3S. The van der Waals surface area contributed by atoms with Gasteiger partial charge in [-0.3, -0.25) is 9.36 Å².